The maximum atomic E-state index is 12.7. The van der Waals surface area contributed by atoms with Crippen LogP contribution in [-0.4, -0.2) is 65.5 Å². The minimum Gasteiger partial charge on any atom is -0.396 e. The van der Waals surface area contributed by atoms with Crippen LogP contribution in [0.15, 0.2) is 30.3 Å². The zero-order valence-corrected chi connectivity index (χ0v) is 15.3. The van der Waals surface area contributed by atoms with Crippen LogP contribution in [0.3, 0.4) is 0 Å². The Balaban J connectivity index is 1.47. The molecule has 1 atom stereocenters. The highest BCUT2D eigenvalue weighted by Gasteiger charge is 2.33. The Hall–Kier alpha value is -1.92. The van der Waals surface area contributed by atoms with Crippen molar-refractivity contribution in [1.82, 2.24) is 15.1 Å². The summed E-state index contributed by atoms with van der Waals surface area (Å²) in [6.07, 6.45) is 2.86. The number of aliphatic hydroxyl groups excluding tert-OH is 1. The smallest absolute Gasteiger partial charge is 0.242 e. The quantitative estimate of drug-likeness (QED) is 0.795. The maximum absolute atomic E-state index is 12.7. The van der Waals surface area contributed by atoms with Gasteiger partial charge in [-0.15, -0.1) is 0 Å². The van der Waals surface area contributed by atoms with Crippen molar-refractivity contribution in [1.29, 1.82) is 0 Å². The van der Waals surface area contributed by atoms with Gasteiger partial charge in [-0.25, -0.2) is 0 Å². The fourth-order valence-electron chi connectivity index (χ4n) is 3.98. The van der Waals surface area contributed by atoms with E-state index < -0.39 is 6.04 Å². The molecule has 0 bridgehead atoms. The van der Waals surface area contributed by atoms with Crippen LogP contribution in [-0.2, 0) is 16.1 Å². The first-order chi connectivity index (χ1) is 12.7. The van der Waals surface area contributed by atoms with Gasteiger partial charge in [-0.05, 0) is 43.8 Å². The first kappa shape index (κ1) is 18.9. The van der Waals surface area contributed by atoms with Crippen molar-refractivity contribution in [3.63, 3.8) is 0 Å². The van der Waals surface area contributed by atoms with Crippen LogP contribution in [0, 0.1) is 5.92 Å². The molecule has 2 fully saturated rings. The van der Waals surface area contributed by atoms with Crippen molar-refractivity contribution >= 4 is 11.8 Å². The van der Waals surface area contributed by atoms with Crippen LogP contribution in [0.1, 0.15) is 31.2 Å². The predicted octanol–water partition coefficient (Wildman–Crippen LogP) is 0.998. The van der Waals surface area contributed by atoms with Gasteiger partial charge in [-0.1, -0.05) is 30.3 Å². The lowest BCUT2D eigenvalue weighted by Gasteiger charge is -2.37. The van der Waals surface area contributed by atoms with Gasteiger partial charge < -0.3 is 15.3 Å². The summed E-state index contributed by atoms with van der Waals surface area (Å²) < 4.78 is 0. The van der Waals surface area contributed by atoms with Gasteiger partial charge in [0, 0.05) is 32.7 Å². The first-order valence-corrected chi connectivity index (χ1v) is 9.61. The van der Waals surface area contributed by atoms with Gasteiger partial charge >= 0.3 is 0 Å². The van der Waals surface area contributed by atoms with Crippen molar-refractivity contribution in [2.24, 2.45) is 5.92 Å². The molecule has 1 aromatic carbocycles. The van der Waals surface area contributed by atoms with Gasteiger partial charge in [0.15, 0.2) is 0 Å². The number of rotatable bonds is 6. The Kier molecular flexibility index (Phi) is 6.63. The van der Waals surface area contributed by atoms with Crippen molar-refractivity contribution in [3.8, 4) is 0 Å². The predicted molar refractivity (Wildman–Crippen MR) is 99.3 cm³/mol. The molecule has 2 aliphatic rings. The molecule has 6 nitrogen and oxygen atoms in total. The highest BCUT2D eigenvalue weighted by atomic mass is 16.3. The minimum atomic E-state index is -0.514. The minimum absolute atomic E-state index is 0.0554. The molecule has 3 rings (SSSR count). The molecule has 2 aliphatic heterocycles. The van der Waals surface area contributed by atoms with E-state index in [1.54, 1.807) is 4.90 Å². The lowest BCUT2D eigenvalue weighted by molar-refractivity contribution is -0.144. The largest absolute Gasteiger partial charge is 0.396 e. The number of hydrogen-bond acceptors (Lipinski definition) is 4. The lowest BCUT2D eigenvalue weighted by atomic mass is 9.92. The Morgan fingerprint density at radius 2 is 1.88 bits per heavy atom. The summed E-state index contributed by atoms with van der Waals surface area (Å²) in [6.45, 7) is 3.94. The van der Waals surface area contributed by atoms with Crippen LogP contribution in [0.5, 0.6) is 0 Å². The molecule has 2 saturated heterocycles. The molecule has 0 saturated carbocycles. The molecule has 2 amide bonds. The van der Waals surface area contributed by atoms with E-state index in [1.165, 1.54) is 5.56 Å². The molecule has 0 aliphatic carbocycles. The second-order valence-electron chi connectivity index (χ2n) is 7.32. The molecule has 26 heavy (non-hydrogen) atoms. The molecule has 2 heterocycles. The third-order valence-electron chi connectivity index (χ3n) is 5.47. The molecule has 2 N–H and O–H groups in total. The number of benzene rings is 1. The summed E-state index contributed by atoms with van der Waals surface area (Å²) in [4.78, 5) is 28.8. The fourth-order valence-corrected chi connectivity index (χ4v) is 3.98. The second-order valence-corrected chi connectivity index (χ2v) is 7.32. The van der Waals surface area contributed by atoms with E-state index in [0.717, 1.165) is 32.5 Å². The van der Waals surface area contributed by atoms with Crippen molar-refractivity contribution in [2.45, 2.75) is 38.3 Å². The van der Waals surface area contributed by atoms with Crippen LogP contribution < -0.4 is 5.32 Å². The number of nitrogens with zero attached hydrogens (tertiary/aromatic N) is 2. The Morgan fingerprint density at radius 1 is 1.15 bits per heavy atom. The zero-order valence-electron chi connectivity index (χ0n) is 15.3. The molecule has 6 heteroatoms. The standard InChI is InChI=1S/C20H29N3O3/c24-13-8-18-20(26)21-9-12-23(18)19(25)14-16-6-10-22(11-7-16)15-17-4-2-1-3-5-17/h1-5,16,18,24H,6-15H2,(H,21,26)/t18-/m1/s1. The Bertz CT molecular complexity index is 600. The highest BCUT2D eigenvalue weighted by molar-refractivity contribution is 5.88. The maximum Gasteiger partial charge on any atom is 0.242 e. The summed E-state index contributed by atoms with van der Waals surface area (Å²) in [7, 11) is 0. The van der Waals surface area contributed by atoms with Crippen molar-refractivity contribution < 1.29 is 14.7 Å². The fraction of sp³-hybridized carbons (Fsp3) is 0.600. The summed E-state index contributed by atoms with van der Waals surface area (Å²) in [6, 6.07) is 9.96. The van der Waals surface area contributed by atoms with Crippen LogP contribution in [0.25, 0.3) is 0 Å². The van der Waals surface area contributed by atoms with Crippen molar-refractivity contribution in [3.05, 3.63) is 35.9 Å². The van der Waals surface area contributed by atoms with Gasteiger partial charge in [0.2, 0.25) is 11.8 Å². The topological polar surface area (TPSA) is 72.9 Å². The number of nitrogens with one attached hydrogen (secondary N) is 1. The molecule has 142 valence electrons. The molecular formula is C20H29N3O3. The summed E-state index contributed by atoms with van der Waals surface area (Å²) in [5.41, 5.74) is 1.33. The van der Waals surface area contributed by atoms with E-state index in [1.807, 2.05) is 6.07 Å². The number of piperidine rings is 1. The number of amides is 2. The van der Waals surface area contributed by atoms with E-state index in [4.69, 9.17) is 0 Å². The first-order valence-electron chi connectivity index (χ1n) is 9.61. The molecular weight excluding hydrogens is 330 g/mol. The Labute approximate surface area is 155 Å². The number of piperazine rings is 1. The highest BCUT2D eigenvalue weighted by Crippen LogP contribution is 2.24. The third kappa shape index (κ3) is 4.83. The summed E-state index contributed by atoms with van der Waals surface area (Å²) >= 11 is 0. The number of hydrogen-bond donors (Lipinski definition) is 2. The van der Waals surface area contributed by atoms with Crippen LogP contribution >= 0.6 is 0 Å². The number of likely N-dealkylation sites (tertiary alicyclic amines) is 1. The van der Waals surface area contributed by atoms with Crippen molar-refractivity contribution in [2.75, 3.05) is 32.8 Å². The number of aliphatic hydroxyl groups is 1. The number of carbonyl (C=O) groups is 2. The van der Waals surface area contributed by atoms with Gasteiger partial charge in [0.1, 0.15) is 6.04 Å². The normalized spacial score (nSPS) is 22.3. The van der Waals surface area contributed by atoms with Crippen LogP contribution in [0.4, 0.5) is 0 Å². The van der Waals surface area contributed by atoms with Gasteiger partial charge in [-0.2, -0.15) is 0 Å². The zero-order chi connectivity index (χ0) is 18.4. The average Bonchev–Trinajstić information content (AvgIpc) is 2.66. The van der Waals surface area contributed by atoms with E-state index in [0.29, 0.717) is 31.8 Å². The van der Waals surface area contributed by atoms with E-state index in [-0.39, 0.29) is 18.4 Å². The van der Waals surface area contributed by atoms with E-state index in [9.17, 15) is 14.7 Å². The lowest BCUT2D eigenvalue weighted by Crippen LogP contribution is -2.57. The molecule has 1 aromatic rings. The molecule has 0 spiro atoms. The van der Waals surface area contributed by atoms with Gasteiger partial charge in [0.25, 0.3) is 0 Å². The van der Waals surface area contributed by atoms with Gasteiger partial charge in [0.05, 0.1) is 0 Å². The monoisotopic (exact) mass is 359 g/mol. The summed E-state index contributed by atoms with van der Waals surface area (Å²) in [5.74, 6) is 0.297. The summed E-state index contributed by atoms with van der Waals surface area (Å²) in [5, 5.41) is 12.0. The second kappa shape index (κ2) is 9.14. The average molecular weight is 359 g/mol. The third-order valence-corrected chi connectivity index (χ3v) is 5.47. The molecule has 0 aromatic heterocycles. The SMILES string of the molecule is O=C1NCCN(C(=O)CC2CCN(Cc3ccccc3)CC2)[C@@H]1CCO. The molecule has 0 unspecified atom stereocenters. The Morgan fingerprint density at radius 3 is 2.58 bits per heavy atom. The van der Waals surface area contributed by atoms with Crippen LogP contribution in [0.2, 0.25) is 0 Å². The van der Waals surface area contributed by atoms with E-state index in [2.05, 4.69) is 34.5 Å². The molecule has 0 radical (unpaired) electrons. The van der Waals surface area contributed by atoms with Gasteiger partial charge in [-0.3, -0.25) is 14.5 Å². The van der Waals surface area contributed by atoms with E-state index >= 15 is 0 Å². The number of carbonyl (C=O) groups excluding carboxylic acids is 2.